The first kappa shape index (κ1) is 26.0. The average Bonchev–Trinajstić information content (AvgIpc) is 3.11. The van der Waals surface area contributed by atoms with Crippen LogP contribution >= 0.6 is 0 Å². The predicted molar refractivity (Wildman–Crippen MR) is 129 cm³/mol. The lowest BCUT2D eigenvalue weighted by molar-refractivity contribution is 0.0929. The zero-order valence-corrected chi connectivity index (χ0v) is 21.2. The van der Waals surface area contributed by atoms with Crippen LogP contribution in [0, 0.1) is 40.9 Å². The third-order valence-electron chi connectivity index (χ3n) is 8.55. The van der Waals surface area contributed by atoms with Crippen LogP contribution in [-0.2, 0) is 0 Å². The summed E-state index contributed by atoms with van der Waals surface area (Å²) in [6.07, 6.45) is 18.8. The standard InChI is InChI=1S/C28H56/c1-9-12-15-24(7)26-17-16-25(20-26)21-28(8,18-13-14-22(4)5)27(11-3)19-23(6)10-2/h22-27H,9-21H2,1-8H3. The van der Waals surface area contributed by atoms with E-state index in [-0.39, 0.29) is 0 Å². The Hall–Kier alpha value is 0. The molecule has 0 nitrogen and oxygen atoms in total. The maximum Gasteiger partial charge on any atom is -0.0295 e. The van der Waals surface area contributed by atoms with Gasteiger partial charge in [0.15, 0.2) is 0 Å². The summed E-state index contributed by atoms with van der Waals surface area (Å²) in [6.45, 7) is 19.7. The van der Waals surface area contributed by atoms with Gasteiger partial charge in [-0.1, -0.05) is 107 Å². The highest BCUT2D eigenvalue weighted by Crippen LogP contribution is 2.49. The minimum atomic E-state index is 0.569. The molecule has 0 aromatic rings. The van der Waals surface area contributed by atoms with Crippen molar-refractivity contribution < 1.29 is 0 Å². The first-order valence-corrected chi connectivity index (χ1v) is 13.3. The fourth-order valence-electron chi connectivity index (χ4n) is 6.22. The Bertz CT molecular complexity index is 383. The largest absolute Gasteiger partial charge is 0.0654 e. The van der Waals surface area contributed by atoms with Crippen LogP contribution in [0.25, 0.3) is 0 Å². The summed E-state index contributed by atoms with van der Waals surface area (Å²) in [6, 6.07) is 0. The summed E-state index contributed by atoms with van der Waals surface area (Å²) < 4.78 is 0. The second kappa shape index (κ2) is 13.3. The van der Waals surface area contributed by atoms with Gasteiger partial charge >= 0.3 is 0 Å². The summed E-state index contributed by atoms with van der Waals surface area (Å²) in [5, 5.41) is 0. The Morgan fingerprint density at radius 2 is 1.61 bits per heavy atom. The summed E-state index contributed by atoms with van der Waals surface area (Å²) >= 11 is 0. The van der Waals surface area contributed by atoms with Gasteiger partial charge in [-0.15, -0.1) is 0 Å². The van der Waals surface area contributed by atoms with Crippen LogP contribution in [-0.4, -0.2) is 0 Å². The van der Waals surface area contributed by atoms with Gasteiger partial charge in [-0.05, 0) is 73.0 Å². The van der Waals surface area contributed by atoms with E-state index >= 15 is 0 Å². The molecule has 0 amide bonds. The fraction of sp³-hybridized carbons (Fsp3) is 1.00. The molecule has 1 rings (SSSR count). The molecule has 28 heavy (non-hydrogen) atoms. The first-order chi connectivity index (χ1) is 13.3. The van der Waals surface area contributed by atoms with E-state index in [9.17, 15) is 0 Å². The molecule has 168 valence electrons. The third kappa shape index (κ3) is 8.79. The molecule has 1 aliphatic carbocycles. The van der Waals surface area contributed by atoms with Crippen molar-refractivity contribution in [2.75, 3.05) is 0 Å². The summed E-state index contributed by atoms with van der Waals surface area (Å²) in [5.41, 5.74) is 0.569. The minimum absolute atomic E-state index is 0.569. The van der Waals surface area contributed by atoms with Gasteiger partial charge in [-0.2, -0.15) is 0 Å². The van der Waals surface area contributed by atoms with E-state index in [1.54, 1.807) is 0 Å². The molecule has 0 aromatic carbocycles. The first-order valence-electron chi connectivity index (χ1n) is 13.3. The predicted octanol–water partition coefficient (Wildman–Crippen LogP) is 9.91. The lowest BCUT2D eigenvalue weighted by Gasteiger charge is -2.41. The molecule has 0 aromatic heterocycles. The third-order valence-corrected chi connectivity index (χ3v) is 8.55. The van der Waals surface area contributed by atoms with Crippen LogP contribution in [0.5, 0.6) is 0 Å². The molecule has 0 aliphatic heterocycles. The molecule has 6 unspecified atom stereocenters. The van der Waals surface area contributed by atoms with Crippen molar-refractivity contribution in [3.8, 4) is 0 Å². The Balaban J connectivity index is 2.75. The molecule has 0 radical (unpaired) electrons. The van der Waals surface area contributed by atoms with Gasteiger partial charge in [0.2, 0.25) is 0 Å². The topological polar surface area (TPSA) is 0 Å². The van der Waals surface area contributed by atoms with Crippen LogP contribution in [0.1, 0.15) is 139 Å². The van der Waals surface area contributed by atoms with E-state index in [1.807, 2.05) is 0 Å². The van der Waals surface area contributed by atoms with Crippen molar-refractivity contribution in [3.05, 3.63) is 0 Å². The maximum absolute atomic E-state index is 2.69. The second-order valence-corrected chi connectivity index (χ2v) is 11.6. The summed E-state index contributed by atoms with van der Waals surface area (Å²) in [4.78, 5) is 0. The Morgan fingerprint density at radius 1 is 0.893 bits per heavy atom. The molecule has 6 atom stereocenters. The smallest absolute Gasteiger partial charge is 0.0295 e. The van der Waals surface area contributed by atoms with E-state index in [1.165, 1.54) is 83.5 Å². The lowest BCUT2D eigenvalue weighted by atomic mass is 9.64. The highest BCUT2D eigenvalue weighted by atomic mass is 14.4. The maximum atomic E-state index is 2.69. The molecule has 0 bridgehead atoms. The van der Waals surface area contributed by atoms with E-state index in [0.29, 0.717) is 5.41 Å². The monoisotopic (exact) mass is 392 g/mol. The van der Waals surface area contributed by atoms with Crippen molar-refractivity contribution in [3.63, 3.8) is 0 Å². The molecule has 0 spiro atoms. The highest BCUT2D eigenvalue weighted by molar-refractivity contribution is 4.89. The molecular formula is C28H56. The van der Waals surface area contributed by atoms with Crippen LogP contribution < -0.4 is 0 Å². The molecule has 1 saturated carbocycles. The van der Waals surface area contributed by atoms with Gasteiger partial charge in [-0.3, -0.25) is 0 Å². The molecule has 0 heteroatoms. The van der Waals surface area contributed by atoms with Gasteiger partial charge in [0.1, 0.15) is 0 Å². The van der Waals surface area contributed by atoms with Crippen LogP contribution in [0.3, 0.4) is 0 Å². The van der Waals surface area contributed by atoms with Crippen molar-refractivity contribution in [1.82, 2.24) is 0 Å². The van der Waals surface area contributed by atoms with Gasteiger partial charge in [0.05, 0.1) is 0 Å². The van der Waals surface area contributed by atoms with Gasteiger partial charge < -0.3 is 0 Å². The van der Waals surface area contributed by atoms with Gasteiger partial charge in [0, 0.05) is 0 Å². The van der Waals surface area contributed by atoms with Crippen LogP contribution in [0.2, 0.25) is 0 Å². The number of hydrogen-bond acceptors (Lipinski definition) is 0. The summed E-state index contributed by atoms with van der Waals surface area (Å²) in [5.74, 6) is 5.65. The van der Waals surface area contributed by atoms with Crippen molar-refractivity contribution in [2.24, 2.45) is 40.9 Å². The normalized spacial score (nSPS) is 25.6. The lowest BCUT2D eigenvalue weighted by Crippen LogP contribution is -2.31. The second-order valence-electron chi connectivity index (χ2n) is 11.6. The Morgan fingerprint density at radius 3 is 2.18 bits per heavy atom. The fourth-order valence-corrected chi connectivity index (χ4v) is 6.22. The quantitative estimate of drug-likeness (QED) is 0.260. The zero-order valence-electron chi connectivity index (χ0n) is 21.2. The van der Waals surface area contributed by atoms with E-state index < -0.39 is 0 Å². The number of rotatable bonds is 15. The van der Waals surface area contributed by atoms with Crippen molar-refractivity contribution in [2.45, 2.75) is 139 Å². The van der Waals surface area contributed by atoms with Gasteiger partial charge in [0.25, 0.3) is 0 Å². The van der Waals surface area contributed by atoms with Crippen molar-refractivity contribution >= 4 is 0 Å². The van der Waals surface area contributed by atoms with E-state index in [0.717, 1.165) is 35.5 Å². The molecule has 0 saturated heterocycles. The van der Waals surface area contributed by atoms with E-state index in [4.69, 9.17) is 0 Å². The zero-order chi connectivity index (χ0) is 21.2. The van der Waals surface area contributed by atoms with E-state index in [2.05, 4.69) is 55.4 Å². The minimum Gasteiger partial charge on any atom is -0.0654 e. The molecule has 1 fully saturated rings. The number of hydrogen-bond donors (Lipinski definition) is 0. The highest BCUT2D eigenvalue weighted by Gasteiger charge is 2.38. The summed E-state index contributed by atoms with van der Waals surface area (Å²) in [7, 11) is 0. The SMILES string of the molecule is CCCCC(C)C1CCC(CC(C)(CCCC(C)C)C(CC)CC(C)CC)C1. The van der Waals surface area contributed by atoms with Gasteiger partial charge in [-0.25, -0.2) is 0 Å². The molecule has 0 N–H and O–H groups in total. The number of unbranched alkanes of at least 4 members (excludes halogenated alkanes) is 1. The average molecular weight is 393 g/mol. The Labute approximate surface area is 180 Å². The van der Waals surface area contributed by atoms with Crippen LogP contribution in [0.4, 0.5) is 0 Å². The molecule has 1 aliphatic rings. The molecular weight excluding hydrogens is 336 g/mol. The Kier molecular flexibility index (Phi) is 12.4. The van der Waals surface area contributed by atoms with Crippen LogP contribution in [0.15, 0.2) is 0 Å². The molecule has 0 heterocycles. The van der Waals surface area contributed by atoms with Crippen molar-refractivity contribution in [1.29, 1.82) is 0 Å².